The number of benzene rings is 2. The van der Waals surface area contributed by atoms with Gasteiger partial charge < -0.3 is 20.6 Å². The minimum atomic E-state index is -3.84. The number of nitrogens with zero attached hydrogens (tertiary/aromatic N) is 1. The lowest BCUT2D eigenvalue weighted by atomic mass is 10.2. The van der Waals surface area contributed by atoms with E-state index < -0.39 is 13.3 Å². The third kappa shape index (κ3) is 5.59. The van der Waals surface area contributed by atoms with Crippen LogP contribution in [0, 0.1) is 18.3 Å². The number of carbonyl (C=O) groups excluding carboxylic acids is 1. The number of carbonyl (C=O) groups is 1. The van der Waals surface area contributed by atoms with Crippen LogP contribution in [0.5, 0.6) is 0 Å². The molecule has 0 radical (unpaired) electrons. The van der Waals surface area contributed by atoms with Gasteiger partial charge in [0.15, 0.2) is 0 Å². The van der Waals surface area contributed by atoms with Crippen molar-refractivity contribution >= 4 is 46.4 Å². The lowest BCUT2D eigenvalue weighted by molar-refractivity contribution is 0.0953. The maximum atomic E-state index is 14.5. The minimum Gasteiger partial charge on any atom is -0.405 e. The van der Waals surface area contributed by atoms with E-state index in [1.54, 1.807) is 43.3 Å². The maximum Gasteiger partial charge on any atom is 0.268 e. The topological polar surface area (TPSA) is 142 Å². The Morgan fingerprint density at radius 2 is 2.06 bits per heavy atom. The van der Waals surface area contributed by atoms with E-state index in [1.807, 2.05) is 0 Å². The zero-order chi connectivity index (χ0) is 25.6. The lowest BCUT2D eigenvalue weighted by Crippen LogP contribution is -2.31. The highest BCUT2D eigenvalue weighted by molar-refractivity contribution is 7.75. The molecule has 0 bridgehead atoms. The molecule has 0 aliphatic heterocycles. The van der Waals surface area contributed by atoms with Gasteiger partial charge in [-0.25, -0.2) is 0 Å². The Kier molecular flexibility index (Phi) is 8.39. The van der Waals surface area contributed by atoms with Crippen molar-refractivity contribution in [2.24, 2.45) is 5.73 Å². The van der Waals surface area contributed by atoms with Crippen LogP contribution in [-0.2, 0) is 13.9 Å². The molecule has 0 fully saturated rings. The Hall–Kier alpha value is -3.54. The number of nitrogens with two attached hydrogens (primary N) is 1. The van der Waals surface area contributed by atoms with Gasteiger partial charge in [-0.1, -0.05) is 11.6 Å². The molecule has 2 aromatic carbocycles. The van der Waals surface area contributed by atoms with Crippen LogP contribution >= 0.6 is 19.0 Å². The molecule has 0 aliphatic carbocycles. The monoisotopic (exact) mass is 513 g/mol. The molecule has 1 amide bonds. The Morgan fingerprint density at radius 3 is 2.71 bits per heavy atom. The molecule has 0 aliphatic rings. The molecule has 11 heteroatoms. The summed E-state index contributed by atoms with van der Waals surface area (Å²) < 4.78 is 20.1. The summed E-state index contributed by atoms with van der Waals surface area (Å²) in [6.45, 7) is 1.88. The van der Waals surface area contributed by atoms with Gasteiger partial charge in [-0.2, -0.15) is 5.26 Å². The SMILES string of the molecule is CONC=C(/C=C\N)CNC(=O)c1[nH]c2ccc(Cl)cc2c1P(=O)(OC)c1cc(C)cc(C#N)c1. The Balaban J connectivity index is 2.17. The van der Waals surface area contributed by atoms with Crippen LogP contribution in [0.4, 0.5) is 0 Å². The van der Waals surface area contributed by atoms with Gasteiger partial charge in [0, 0.05) is 41.1 Å². The number of aromatic amines is 1. The van der Waals surface area contributed by atoms with Crippen molar-refractivity contribution in [3.8, 4) is 6.07 Å². The second-order valence-electron chi connectivity index (χ2n) is 7.52. The fourth-order valence-corrected chi connectivity index (χ4v) is 6.09. The molecule has 0 saturated carbocycles. The van der Waals surface area contributed by atoms with Crippen LogP contribution in [-0.4, -0.2) is 31.7 Å². The number of aromatic nitrogens is 1. The fraction of sp³-hybridized carbons (Fsp3) is 0.167. The van der Waals surface area contributed by atoms with Crippen LogP contribution < -0.4 is 27.1 Å². The number of nitriles is 1. The van der Waals surface area contributed by atoms with Gasteiger partial charge >= 0.3 is 0 Å². The molecular formula is C24H25ClN5O4P. The number of fused-ring (bicyclic) bond motifs is 1. The van der Waals surface area contributed by atoms with Crippen molar-refractivity contribution in [2.75, 3.05) is 20.8 Å². The number of halogens is 1. The van der Waals surface area contributed by atoms with E-state index in [9.17, 15) is 14.6 Å². The van der Waals surface area contributed by atoms with E-state index in [0.29, 0.717) is 32.4 Å². The molecule has 182 valence electrons. The molecule has 1 atom stereocenters. The van der Waals surface area contributed by atoms with Crippen molar-refractivity contribution in [3.05, 3.63) is 82.3 Å². The summed E-state index contributed by atoms with van der Waals surface area (Å²) in [5.41, 5.74) is 10.4. The molecule has 0 saturated heterocycles. The molecule has 1 unspecified atom stereocenters. The number of H-pyrrole nitrogens is 1. The second kappa shape index (κ2) is 11.3. The highest BCUT2D eigenvalue weighted by atomic mass is 35.5. The summed E-state index contributed by atoms with van der Waals surface area (Å²) in [4.78, 5) is 21.2. The molecule has 3 rings (SSSR count). The Labute approximate surface area is 208 Å². The first kappa shape index (κ1) is 26.1. The average molecular weight is 514 g/mol. The molecule has 9 nitrogen and oxygen atoms in total. The first-order valence-corrected chi connectivity index (χ1v) is 12.4. The zero-order valence-electron chi connectivity index (χ0n) is 19.4. The smallest absolute Gasteiger partial charge is 0.268 e. The molecular weight excluding hydrogens is 489 g/mol. The van der Waals surface area contributed by atoms with Crippen LogP contribution in [0.2, 0.25) is 5.02 Å². The van der Waals surface area contributed by atoms with Crippen molar-refractivity contribution in [1.29, 1.82) is 5.26 Å². The molecule has 0 spiro atoms. The number of amides is 1. The van der Waals surface area contributed by atoms with Crippen LogP contribution in [0.1, 0.15) is 21.6 Å². The van der Waals surface area contributed by atoms with E-state index >= 15 is 0 Å². The largest absolute Gasteiger partial charge is 0.405 e. The minimum absolute atomic E-state index is 0.0586. The van der Waals surface area contributed by atoms with E-state index in [1.165, 1.54) is 32.7 Å². The Bertz CT molecular complexity index is 1410. The van der Waals surface area contributed by atoms with Gasteiger partial charge in [0.1, 0.15) is 5.69 Å². The van der Waals surface area contributed by atoms with Crippen molar-refractivity contribution in [1.82, 2.24) is 15.8 Å². The average Bonchev–Trinajstić information content (AvgIpc) is 3.23. The standard InChI is InChI=1S/C24H25ClN5O4P/c1-15-8-17(12-27)10-19(9-15)35(32,34-3)23-20-11-18(25)4-5-21(20)30-22(23)24(31)28-13-16(6-7-26)14-29-33-2/h4-11,14,29-30H,13,26H2,1-3H3,(H,28,31)/b7-6-,16-14?. The number of hydrogen-bond acceptors (Lipinski definition) is 7. The number of hydroxylamine groups is 1. The van der Waals surface area contributed by atoms with E-state index in [0.717, 1.165) is 5.56 Å². The summed E-state index contributed by atoms with van der Waals surface area (Å²) in [5.74, 6) is -0.522. The van der Waals surface area contributed by atoms with Gasteiger partial charge in [-0.05, 0) is 66.7 Å². The maximum absolute atomic E-state index is 14.5. The van der Waals surface area contributed by atoms with Gasteiger partial charge in [0.25, 0.3) is 13.3 Å². The van der Waals surface area contributed by atoms with Gasteiger partial charge in [-0.15, -0.1) is 0 Å². The second-order valence-corrected chi connectivity index (χ2v) is 10.4. The zero-order valence-corrected chi connectivity index (χ0v) is 21.0. The van der Waals surface area contributed by atoms with Crippen LogP contribution in [0.25, 0.3) is 10.9 Å². The molecule has 1 aromatic heterocycles. The number of hydrogen-bond donors (Lipinski definition) is 4. The quantitative estimate of drug-likeness (QED) is 0.195. The summed E-state index contributed by atoms with van der Waals surface area (Å²) in [7, 11) is -1.08. The van der Waals surface area contributed by atoms with Gasteiger partial charge in [0.2, 0.25) is 0 Å². The molecule has 5 N–H and O–H groups in total. The number of aryl methyl sites for hydroxylation is 1. The predicted octanol–water partition coefficient (Wildman–Crippen LogP) is 3.11. The molecule has 35 heavy (non-hydrogen) atoms. The third-order valence-corrected chi connectivity index (χ3v) is 7.91. The summed E-state index contributed by atoms with van der Waals surface area (Å²) in [5, 5.41) is 13.6. The van der Waals surface area contributed by atoms with Crippen LogP contribution in [0.3, 0.4) is 0 Å². The summed E-state index contributed by atoms with van der Waals surface area (Å²) >= 11 is 6.24. The normalized spacial score (nSPS) is 13.5. The van der Waals surface area contributed by atoms with Crippen molar-refractivity contribution < 1.29 is 18.7 Å². The summed E-state index contributed by atoms with van der Waals surface area (Å²) in [6, 6.07) is 11.9. The van der Waals surface area contributed by atoms with Crippen molar-refractivity contribution in [2.45, 2.75) is 6.92 Å². The van der Waals surface area contributed by atoms with Gasteiger partial charge in [0.05, 0.1) is 24.0 Å². The summed E-state index contributed by atoms with van der Waals surface area (Å²) in [6.07, 6.45) is 4.45. The first-order chi connectivity index (χ1) is 16.8. The van der Waals surface area contributed by atoms with E-state index in [4.69, 9.17) is 26.7 Å². The number of nitrogens with one attached hydrogen (secondary N) is 3. The first-order valence-electron chi connectivity index (χ1n) is 10.4. The molecule has 3 aromatic rings. The highest BCUT2D eigenvalue weighted by Crippen LogP contribution is 2.47. The fourth-order valence-electron chi connectivity index (χ4n) is 3.63. The Morgan fingerprint density at radius 1 is 1.29 bits per heavy atom. The lowest BCUT2D eigenvalue weighted by Gasteiger charge is -2.19. The van der Waals surface area contributed by atoms with Gasteiger partial charge in [-0.3, -0.25) is 19.7 Å². The highest BCUT2D eigenvalue weighted by Gasteiger charge is 2.36. The van der Waals surface area contributed by atoms with E-state index in [2.05, 4.69) is 21.9 Å². The van der Waals surface area contributed by atoms with E-state index in [-0.39, 0.29) is 17.5 Å². The predicted molar refractivity (Wildman–Crippen MR) is 137 cm³/mol. The molecule has 1 heterocycles. The van der Waals surface area contributed by atoms with Crippen molar-refractivity contribution in [3.63, 3.8) is 0 Å². The third-order valence-electron chi connectivity index (χ3n) is 5.17. The van der Waals surface area contributed by atoms with Crippen LogP contribution in [0.15, 0.2) is 60.4 Å². The number of rotatable bonds is 9.